The van der Waals surface area contributed by atoms with E-state index in [1.54, 1.807) is 34.9 Å². The Balaban J connectivity index is 1.43. The summed E-state index contributed by atoms with van der Waals surface area (Å²) in [6.45, 7) is 1.94. The molecule has 1 atom stereocenters. The van der Waals surface area contributed by atoms with Crippen LogP contribution in [0.15, 0.2) is 24.3 Å². The molecule has 3 fully saturated rings. The zero-order valence-electron chi connectivity index (χ0n) is 14.9. The molecular weight excluding hydrogens is 336 g/mol. The van der Waals surface area contributed by atoms with E-state index in [0.29, 0.717) is 37.6 Å². The second-order valence-electron chi connectivity index (χ2n) is 7.21. The number of carbonyl (C=O) groups is 3. The highest BCUT2D eigenvalue weighted by Gasteiger charge is 2.54. The van der Waals surface area contributed by atoms with Gasteiger partial charge in [0, 0.05) is 39.6 Å². The molecule has 1 unspecified atom stereocenters. The third kappa shape index (κ3) is 2.40. The zero-order chi connectivity index (χ0) is 18.5. The number of rotatable bonds is 3. The van der Waals surface area contributed by atoms with Gasteiger partial charge in [0.15, 0.2) is 0 Å². The quantitative estimate of drug-likeness (QED) is 0.842. The second kappa shape index (κ2) is 5.89. The standard InChI is InChI=1S/C18H22N4O4/c1-20-17(25)19-9-18(20)10-21(11-18)16(24)12-7-15(23)22(8-12)13-5-3-4-6-14(13)26-2/h3-6,12H,7-11H2,1-2H3,(H,19,25). The number of anilines is 1. The fourth-order valence-corrected chi connectivity index (χ4v) is 4.05. The maximum atomic E-state index is 12.8. The first kappa shape index (κ1) is 16.7. The molecule has 26 heavy (non-hydrogen) atoms. The predicted molar refractivity (Wildman–Crippen MR) is 93.9 cm³/mol. The van der Waals surface area contributed by atoms with Crippen molar-refractivity contribution in [1.29, 1.82) is 0 Å². The van der Waals surface area contributed by atoms with Crippen LogP contribution in [-0.4, -0.2) is 73.5 Å². The minimum absolute atomic E-state index is 0.0193. The number of urea groups is 1. The maximum Gasteiger partial charge on any atom is 0.317 e. The highest BCUT2D eigenvalue weighted by molar-refractivity contribution is 6.01. The number of hydrogen-bond acceptors (Lipinski definition) is 4. The van der Waals surface area contributed by atoms with E-state index in [1.807, 2.05) is 18.2 Å². The van der Waals surface area contributed by atoms with E-state index in [2.05, 4.69) is 5.32 Å². The number of nitrogens with zero attached hydrogens (tertiary/aromatic N) is 3. The van der Waals surface area contributed by atoms with Crippen molar-refractivity contribution in [2.75, 3.05) is 45.2 Å². The number of benzene rings is 1. The van der Waals surface area contributed by atoms with Crippen molar-refractivity contribution in [2.24, 2.45) is 5.92 Å². The van der Waals surface area contributed by atoms with Crippen LogP contribution in [0.5, 0.6) is 5.75 Å². The van der Waals surface area contributed by atoms with Gasteiger partial charge in [-0.05, 0) is 12.1 Å². The molecule has 8 nitrogen and oxygen atoms in total. The van der Waals surface area contributed by atoms with E-state index >= 15 is 0 Å². The number of para-hydroxylation sites is 2. The van der Waals surface area contributed by atoms with E-state index in [9.17, 15) is 14.4 Å². The molecule has 138 valence electrons. The van der Waals surface area contributed by atoms with E-state index < -0.39 is 0 Å². The molecule has 0 bridgehead atoms. The number of methoxy groups -OCH3 is 1. The summed E-state index contributed by atoms with van der Waals surface area (Å²) in [6, 6.07) is 7.22. The molecule has 3 saturated heterocycles. The summed E-state index contributed by atoms with van der Waals surface area (Å²) >= 11 is 0. The van der Waals surface area contributed by atoms with Crippen molar-refractivity contribution in [3.63, 3.8) is 0 Å². The maximum absolute atomic E-state index is 12.8. The molecule has 1 N–H and O–H groups in total. The van der Waals surface area contributed by atoms with Gasteiger partial charge < -0.3 is 24.8 Å². The highest BCUT2D eigenvalue weighted by Crippen LogP contribution is 2.36. The Morgan fingerprint density at radius 3 is 2.65 bits per heavy atom. The summed E-state index contributed by atoms with van der Waals surface area (Å²) in [4.78, 5) is 42.0. The molecule has 0 saturated carbocycles. The van der Waals surface area contributed by atoms with Gasteiger partial charge in [0.1, 0.15) is 5.75 Å². The summed E-state index contributed by atoms with van der Waals surface area (Å²) in [5.74, 6) is 0.168. The number of likely N-dealkylation sites (tertiary alicyclic amines) is 1. The summed E-state index contributed by atoms with van der Waals surface area (Å²) in [7, 11) is 3.32. The molecule has 1 aromatic carbocycles. The zero-order valence-corrected chi connectivity index (χ0v) is 14.9. The number of hydrogen-bond donors (Lipinski definition) is 1. The summed E-state index contributed by atoms with van der Waals surface area (Å²) < 4.78 is 5.33. The molecule has 4 rings (SSSR count). The van der Waals surface area contributed by atoms with Crippen LogP contribution in [0, 0.1) is 5.92 Å². The minimum Gasteiger partial charge on any atom is -0.495 e. The Labute approximate surface area is 151 Å². The Morgan fingerprint density at radius 2 is 2.00 bits per heavy atom. The van der Waals surface area contributed by atoms with Gasteiger partial charge in [-0.15, -0.1) is 0 Å². The molecule has 0 aliphatic carbocycles. The van der Waals surface area contributed by atoms with Crippen LogP contribution < -0.4 is 15.0 Å². The molecular formula is C18H22N4O4. The van der Waals surface area contributed by atoms with Crippen molar-refractivity contribution in [3.8, 4) is 5.75 Å². The number of carbonyl (C=O) groups excluding carboxylic acids is 3. The first-order valence-electron chi connectivity index (χ1n) is 8.69. The van der Waals surface area contributed by atoms with Gasteiger partial charge in [-0.1, -0.05) is 12.1 Å². The van der Waals surface area contributed by atoms with Gasteiger partial charge >= 0.3 is 6.03 Å². The second-order valence-corrected chi connectivity index (χ2v) is 7.21. The van der Waals surface area contributed by atoms with Crippen LogP contribution in [0.3, 0.4) is 0 Å². The van der Waals surface area contributed by atoms with Gasteiger partial charge in [0.25, 0.3) is 0 Å². The van der Waals surface area contributed by atoms with Crippen molar-refractivity contribution >= 4 is 23.5 Å². The van der Waals surface area contributed by atoms with Crippen molar-refractivity contribution in [2.45, 2.75) is 12.0 Å². The molecule has 3 heterocycles. The van der Waals surface area contributed by atoms with E-state index in [1.165, 1.54) is 0 Å². The third-order valence-corrected chi connectivity index (χ3v) is 5.72. The average molecular weight is 358 g/mol. The van der Waals surface area contributed by atoms with Gasteiger partial charge in [0.05, 0.1) is 24.3 Å². The first-order valence-corrected chi connectivity index (χ1v) is 8.69. The van der Waals surface area contributed by atoms with Crippen LogP contribution in [-0.2, 0) is 9.59 Å². The van der Waals surface area contributed by atoms with Crippen LogP contribution in [0.4, 0.5) is 10.5 Å². The number of ether oxygens (including phenoxy) is 1. The normalized spacial score (nSPS) is 24.1. The lowest BCUT2D eigenvalue weighted by Crippen LogP contribution is -2.70. The smallest absolute Gasteiger partial charge is 0.317 e. The highest BCUT2D eigenvalue weighted by atomic mass is 16.5. The molecule has 8 heteroatoms. The minimum atomic E-state index is -0.361. The van der Waals surface area contributed by atoms with Gasteiger partial charge in [-0.2, -0.15) is 0 Å². The Bertz CT molecular complexity index is 774. The molecule has 3 aliphatic heterocycles. The van der Waals surface area contributed by atoms with E-state index in [4.69, 9.17) is 4.74 Å². The summed E-state index contributed by atoms with van der Waals surface area (Å²) in [5, 5.41) is 2.81. The molecule has 0 aromatic heterocycles. The first-order chi connectivity index (χ1) is 12.4. The van der Waals surface area contributed by atoms with Crippen LogP contribution in [0.25, 0.3) is 0 Å². The van der Waals surface area contributed by atoms with E-state index in [0.717, 1.165) is 0 Å². The molecule has 1 aromatic rings. The van der Waals surface area contributed by atoms with Crippen molar-refractivity contribution in [1.82, 2.24) is 15.1 Å². The Hall–Kier alpha value is -2.77. The lowest BCUT2D eigenvalue weighted by Gasteiger charge is -2.51. The van der Waals surface area contributed by atoms with Crippen LogP contribution in [0.1, 0.15) is 6.42 Å². The van der Waals surface area contributed by atoms with Crippen molar-refractivity contribution < 1.29 is 19.1 Å². The average Bonchev–Trinajstić information content (AvgIpc) is 3.14. The SMILES string of the molecule is COc1ccccc1N1CC(C(=O)N2CC3(CNC(=O)N3C)C2)CC1=O. The fraction of sp³-hybridized carbons (Fsp3) is 0.500. The molecule has 0 radical (unpaired) electrons. The number of likely N-dealkylation sites (N-methyl/N-ethyl adjacent to an activating group) is 1. The topological polar surface area (TPSA) is 82.2 Å². The Kier molecular flexibility index (Phi) is 3.78. The molecule has 4 amide bonds. The summed E-state index contributed by atoms with van der Waals surface area (Å²) in [5.41, 5.74) is 0.401. The van der Waals surface area contributed by atoms with Gasteiger partial charge in [-0.3, -0.25) is 9.59 Å². The summed E-state index contributed by atoms with van der Waals surface area (Å²) in [6.07, 6.45) is 0.202. The van der Waals surface area contributed by atoms with Gasteiger partial charge in [0.2, 0.25) is 11.8 Å². The Morgan fingerprint density at radius 1 is 1.27 bits per heavy atom. The predicted octanol–water partition coefficient (Wildman–Crippen LogP) is 0.284. The largest absolute Gasteiger partial charge is 0.495 e. The van der Waals surface area contributed by atoms with E-state index in [-0.39, 0.29) is 35.7 Å². The number of amides is 4. The van der Waals surface area contributed by atoms with Gasteiger partial charge in [-0.25, -0.2) is 4.79 Å². The lowest BCUT2D eigenvalue weighted by molar-refractivity contribution is -0.146. The fourth-order valence-electron chi connectivity index (χ4n) is 4.05. The van der Waals surface area contributed by atoms with Crippen LogP contribution >= 0.6 is 0 Å². The number of nitrogens with one attached hydrogen (secondary N) is 1. The molecule has 1 spiro atoms. The lowest BCUT2D eigenvalue weighted by atomic mass is 9.88. The molecule has 3 aliphatic rings. The van der Waals surface area contributed by atoms with Crippen LogP contribution in [0.2, 0.25) is 0 Å². The monoisotopic (exact) mass is 358 g/mol. The van der Waals surface area contributed by atoms with Crippen molar-refractivity contribution in [3.05, 3.63) is 24.3 Å². The third-order valence-electron chi connectivity index (χ3n) is 5.72.